The van der Waals surface area contributed by atoms with Crippen LogP contribution in [0.15, 0.2) is 60.2 Å². The third kappa shape index (κ3) is 5.97. The number of hydrogen-bond acceptors (Lipinski definition) is 7. The molecule has 1 saturated heterocycles. The van der Waals surface area contributed by atoms with Crippen molar-refractivity contribution < 1.29 is 26.7 Å². The number of rotatable bonds is 7. The van der Waals surface area contributed by atoms with Crippen molar-refractivity contribution in [2.24, 2.45) is 11.7 Å². The first-order chi connectivity index (χ1) is 19.2. The number of piperidine rings is 1. The maximum atomic E-state index is 15.5. The Bertz CT molecular complexity index is 1510. The van der Waals surface area contributed by atoms with Crippen LogP contribution < -0.4 is 15.4 Å². The summed E-state index contributed by atoms with van der Waals surface area (Å²) in [7, 11) is 0. The molecule has 0 spiro atoms. The lowest BCUT2D eigenvalue weighted by Crippen LogP contribution is -2.39. The van der Waals surface area contributed by atoms with E-state index in [1.807, 2.05) is 0 Å². The fourth-order valence-electron chi connectivity index (χ4n) is 4.66. The summed E-state index contributed by atoms with van der Waals surface area (Å²) in [5.41, 5.74) is 5.09. The van der Waals surface area contributed by atoms with Crippen molar-refractivity contribution >= 4 is 28.9 Å². The highest BCUT2D eigenvalue weighted by Gasteiger charge is 2.41. The molecule has 2 aromatic carbocycles. The molecule has 1 aliphatic heterocycles. The molecule has 0 unspecified atom stereocenters. The molecule has 1 aliphatic rings. The lowest BCUT2D eigenvalue weighted by Gasteiger charge is -2.36. The van der Waals surface area contributed by atoms with E-state index < -0.39 is 29.1 Å². The normalized spacial score (nSPS) is 16.3. The molecule has 1 atom stereocenters. The smallest absolute Gasteiger partial charge is 0.422 e. The molecule has 12 heteroatoms. The second-order valence-corrected chi connectivity index (χ2v) is 10.1. The van der Waals surface area contributed by atoms with Gasteiger partial charge in [-0.2, -0.15) is 23.4 Å². The molecular weight excluding hydrogens is 549 g/mol. The minimum atomic E-state index is -4.89. The number of halogens is 5. The number of aromatic nitrogens is 3. The summed E-state index contributed by atoms with van der Waals surface area (Å²) in [4.78, 5) is 5.85. The molecular formula is C28H24F5N5OS. The SMILES string of the molecule is NC[C@@H]1CCCN(c2c(/C=C(\F)c3csc(-c4ccnnc4)n3)ccc(Oc3ccccc3F)c2C(F)(F)F)C1. The van der Waals surface area contributed by atoms with Gasteiger partial charge in [0.25, 0.3) is 0 Å². The zero-order valence-electron chi connectivity index (χ0n) is 21.0. The van der Waals surface area contributed by atoms with Gasteiger partial charge in [-0.1, -0.05) is 12.1 Å². The Morgan fingerprint density at radius 1 is 1.12 bits per heavy atom. The Labute approximate surface area is 231 Å². The molecule has 0 aliphatic carbocycles. The molecule has 4 aromatic rings. The average molecular weight is 574 g/mol. The van der Waals surface area contributed by atoms with E-state index in [2.05, 4.69) is 15.2 Å². The largest absolute Gasteiger partial charge is 0.454 e. The second-order valence-electron chi connectivity index (χ2n) is 9.26. The summed E-state index contributed by atoms with van der Waals surface area (Å²) in [5.74, 6) is -2.59. The topological polar surface area (TPSA) is 77.2 Å². The van der Waals surface area contributed by atoms with Crippen LogP contribution in [0.4, 0.5) is 27.6 Å². The predicted molar refractivity (Wildman–Crippen MR) is 144 cm³/mol. The first-order valence-corrected chi connectivity index (χ1v) is 13.3. The molecule has 40 heavy (non-hydrogen) atoms. The molecule has 2 N–H and O–H groups in total. The van der Waals surface area contributed by atoms with E-state index in [4.69, 9.17) is 10.5 Å². The van der Waals surface area contributed by atoms with Crippen molar-refractivity contribution in [3.05, 3.63) is 82.9 Å². The maximum absolute atomic E-state index is 15.5. The Balaban J connectivity index is 1.62. The third-order valence-corrected chi connectivity index (χ3v) is 7.43. The number of thiazole rings is 1. The van der Waals surface area contributed by atoms with Crippen LogP contribution in [0.2, 0.25) is 0 Å². The van der Waals surface area contributed by atoms with Gasteiger partial charge >= 0.3 is 6.18 Å². The first kappa shape index (κ1) is 27.7. The number of nitrogens with zero attached hydrogens (tertiary/aromatic N) is 4. The fraction of sp³-hybridized carbons (Fsp3) is 0.250. The number of benzene rings is 2. The Hall–Kier alpha value is -3.90. The predicted octanol–water partition coefficient (Wildman–Crippen LogP) is 7.19. The molecule has 208 valence electrons. The molecule has 0 amide bonds. The van der Waals surface area contributed by atoms with Gasteiger partial charge in [-0.05, 0) is 61.7 Å². The lowest BCUT2D eigenvalue weighted by molar-refractivity contribution is -0.138. The van der Waals surface area contributed by atoms with Crippen molar-refractivity contribution in [1.82, 2.24) is 15.2 Å². The van der Waals surface area contributed by atoms with Gasteiger partial charge in [0, 0.05) is 29.6 Å². The molecule has 1 fully saturated rings. The van der Waals surface area contributed by atoms with Crippen LogP contribution in [-0.4, -0.2) is 34.8 Å². The Kier molecular flexibility index (Phi) is 8.08. The van der Waals surface area contributed by atoms with Gasteiger partial charge in [-0.15, -0.1) is 11.3 Å². The minimum absolute atomic E-state index is 0.0106. The lowest BCUT2D eigenvalue weighted by atomic mass is 9.95. The van der Waals surface area contributed by atoms with Crippen molar-refractivity contribution in [2.45, 2.75) is 19.0 Å². The maximum Gasteiger partial charge on any atom is 0.422 e. The van der Waals surface area contributed by atoms with Crippen molar-refractivity contribution in [3.8, 4) is 22.1 Å². The van der Waals surface area contributed by atoms with E-state index in [1.165, 1.54) is 53.4 Å². The Morgan fingerprint density at radius 2 is 1.95 bits per heavy atom. The van der Waals surface area contributed by atoms with E-state index >= 15 is 4.39 Å². The molecule has 2 aromatic heterocycles. The van der Waals surface area contributed by atoms with E-state index in [9.17, 15) is 17.6 Å². The van der Waals surface area contributed by atoms with Gasteiger partial charge in [0.05, 0.1) is 18.1 Å². The quantitative estimate of drug-likeness (QED) is 0.236. The Morgan fingerprint density at radius 3 is 2.67 bits per heavy atom. The fourth-order valence-corrected chi connectivity index (χ4v) is 5.45. The van der Waals surface area contributed by atoms with Crippen LogP contribution in [-0.2, 0) is 6.18 Å². The van der Waals surface area contributed by atoms with E-state index in [-0.39, 0.29) is 35.2 Å². The molecule has 3 heterocycles. The summed E-state index contributed by atoms with van der Waals surface area (Å²) in [6, 6.07) is 9.29. The van der Waals surface area contributed by atoms with Crippen LogP contribution in [0.1, 0.15) is 29.7 Å². The summed E-state index contributed by atoms with van der Waals surface area (Å²) in [5, 5.41) is 9.46. The van der Waals surface area contributed by atoms with E-state index in [0.29, 0.717) is 30.1 Å². The first-order valence-electron chi connectivity index (χ1n) is 12.5. The van der Waals surface area contributed by atoms with Crippen LogP contribution in [0, 0.1) is 11.7 Å². The van der Waals surface area contributed by atoms with Gasteiger partial charge in [-0.25, -0.2) is 13.8 Å². The zero-order valence-corrected chi connectivity index (χ0v) is 21.9. The summed E-state index contributed by atoms with van der Waals surface area (Å²) in [6.45, 7) is 0.858. The van der Waals surface area contributed by atoms with Gasteiger partial charge in [0.15, 0.2) is 11.6 Å². The standard InChI is InChI=1S/C28H24F5N5OS/c29-20-5-1-2-6-23(20)39-24-8-7-18(12-21(30)22-16-40-27(37-22)19-9-10-35-36-14-19)26(25(24)28(31,32)33)38-11-3-4-17(13-34)15-38/h1-2,5-10,12,14,16-17H,3-4,11,13,15,34H2/b21-12-/t17-/m0/s1. The highest BCUT2D eigenvalue weighted by molar-refractivity contribution is 7.13. The number of alkyl halides is 3. The number of anilines is 1. The second kappa shape index (κ2) is 11.7. The number of para-hydroxylation sites is 1. The molecule has 6 nitrogen and oxygen atoms in total. The van der Waals surface area contributed by atoms with Crippen LogP contribution in [0.3, 0.4) is 0 Å². The molecule has 0 saturated carbocycles. The van der Waals surface area contributed by atoms with Crippen molar-refractivity contribution in [3.63, 3.8) is 0 Å². The number of nitrogens with two attached hydrogens (primary N) is 1. The van der Waals surface area contributed by atoms with Crippen molar-refractivity contribution in [1.29, 1.82) is 0 Å². The highest BCUT2D eigenvalue weighted by Crippen LogP contribution is 2.47. The third-order valence-electron chi connectivity index (χ3n) is 6.54. The van der Waals surface area contributed by atoms with E-state index in [1.54, 1.807) is 11.0 Å². The van der Waals surface area contributed by atoms with Gasteiger partial charge in [0.2, 0.25) is 0 Å². The average Bonchev–Trinajstić information content (AvgIpc) is 3.45. The number of ether oxygens (including phenoxy) is 1. The minimum Gasteiger partial charge on any atom is -0.454 e. The van der Waals surface area contributed by atoms with Gasteiger partial charge in [0.1, 0.15) is 27.8 Å². The molecule has 0 radical (unpaired) electrons. The van der Waals surface area contributed by atoms with Crippen LogP contribution in [0.25, 0.3) is 22.5 Å². The summed E-state index contributed by atoms with van der Waals surface area (Å²) < 4.78 is 79.5. The zero-order chi connectivity index (χ0) is 28.3. The van der Waals surface area contributed by atoms with E-state index in [0.717, 1.165) is 24.6 Å². The molecule has 0 bridgehead atoms. The summed E-state index contributed by atoms with van der Waals surface area (Å²) in [6.07, 6.45) is 0.479. The van der Waals surface area contributed by atoms with Gasteiger partial charge < -0.3 is 15.4 Å². The van der Waals surface area contributed by atoms with Crippen LogP contribution >= 0.6 is 11.3 Å². The van der Waals surface area contributed by atoms with Gasteiger partial charge in [-0.3, -0.25) is 0 Å². The van der Waals surface area contributed by atoms with Crippen LogP contribution in [0.5, 0.6) is 11.5 Å². The highest BCUT2D eigenvalue weighted by atomic mass is 32.1. The number of hydrogen-bond donors (Lipinski definition) is 1. The summed E-state index contributed by atoms with van der Waals surface area (Å²) >= 11 is 1.17. The molecule has 5 rings (SSSR count). The monoisotopic (exact) mass is 573 g/mol. The van der Waals surface area contributed by atoms with Crippen molar-refractivity contribution in [2.75, 3.05) is 24.5 Å².